The molecule has 2 rings (SSSR count). The van der Waals surface area contributed by atoms with Crippen LogP contribution >= 0.6 is 0 Å². The first-order valence-corrected chi connectivity index (χ1v) is 8.56. The van der Waals surface area contributed by atoms with Crippen molar-refractivity contribution < 1.29 is 8.42 Å². The van der Waals surface area contributed by atoms with Crippen LogP contribution < -0.4 is 5.32 Å². The highest BCUT2D eigenvalue weighted by atomic mass is 32.2. The minimum absolute atomic E-state index is 0.188. The second-order valence-electron chi connectivity index (χ2n) is 5.00. The topological polar surface area (TPSA) is 72.0 Å². The van der Waals surface area contributed by atoms with Gasteiger partial charge in [0, 0.05) is 18.0 Å². The van der Waals surface area contributed by atoms with Gasteiger partial charge in [0.2, 0.25) is 0 Å². The van der Waals surface area contributed by atoms with Crippen molar-refractivity contribution in [1.82, 2.24) is 15.3 Å². The molecule has 1 fully saturated rings. The van der Waals surface area contributed by atoms with Crippen LogP contribution in [0.5, 0.6) is 0 Å². The molecule has 2 heterocycles. The van der Waals surface area contributed by atoms with E-state index in [1.807, 2.05) is 0 Å². The number of hydrogen-bond acceptors (Lipinski definition) is 5. The van der Waals surface area contributed by atoms with E-state index in [0.717, 1.165) is 37.8 Å². The summed E-state index contributed by atoms with van der Waals surface area (Å²) in [4.78, 5) is 8.02. The Kier molecular flexibility index (Phi) is 4.87. The molecular weight excluding hydrogens is 262 g/mol. The maximum absolute atomic E-state index is 12.3. The van der Waals surface area contributed by atoms with Crippen LogP contribution in [-0.2, 0) is 9.84 Å². The summed E-state index contributed by atoms with van der Waals surface area (Å²) in [5.41, 5.74) is 0.867. The lowest BCUT2D eigenvalue weighted by atomic mass is 10.0. The third-order valence-electron chi connectivity index (χ3n) is 3.55. The predicted molar refractivity (Wildman–Crippen MR) is 74.5 cm³/mol. The molecule has 1 aliphatic heterocycles. The van der Waals surface area contributed by atoms with E-state index >= 15 is 0 Å². The average molecular weight is 283 g/mol. The largest absolute Gasteiger partial charge is 0.309 e. The van der Waals surface area contributed by atoms with Crippen molar-refractivity contribution in [2.24, 2.45) is 0 Å². The SMILES string of the molecule is CCCNC(c1cncnc1)C1CCCCS1(=O)=O. The molecule has 1 aromatic rings. The zero-order valence-electron chi connectivity index (χ0n) is 11.2. The van der Waals surface area contributed by atoms with E-state index in [9.17, 15) is 8.42 Å². The average Bonchev–Trinajstić information content (AvgIpc) is 2.42. The van der Waals surface area contributed by atoms with Gasteiger partial charge in [-0.05, 0) is 25.8 Å². The zero-order chi connectivity index (χ0) is 13.7. The fraction of sp³-hybridized carbons (Fsp3) is 0.692. The van der Waals surface area contributed by atoms with Crippen molar-refractivity contribution in [3.63, 3.8) is 0 Å². The molecule has 1 aliphatic rings. The molecule has 106 valence electrons. The molecule has 0 saturated carbocycles. The fourth-order valence-electron chi connectivity index (χ4n) is 2.59. The normalized spacial score (nSPS) is 23.9. The summed E-state index contributed by atoms with van der Waals surface area (Å²) in [5.74, 6) is 0.301. The van der Waals surface area contributed by atoms with E-state index in [0.29, 0.717) is 5.75 Å². The lowest BCUT2D eigenvalue weighted by Gasteiger charge is -2.30. The van der Waals surface area contributed by atoms with Crippen LogP contribution in [0.15, 0.2) is 18.7 Å². The second-order valence-corrected chi connectivity index (χ2v) is 7.34. The van der Waals surface area contributed by atoms with Gasteiger partial charge in [-0.1, -0.05) is 13.3 Å². The first-order chi connectivity index (χ1) is 9.15. The molecule has 0 aliphatic carbocycles. The molecule has 1 aromatic heterocycles. The minimum Gasteiger partial charge on any atom is -0.309 e. The highest BCUT2D eigenvalue weighted by Gasteiger charge is 2.36. The van der Waals surface area contributed by atoms with Crippen molar-refractivity contribution in [3.8, 4) is 0 Å². The second kappa shape index (κ2) is 6.43. The lowest BCUT2D eigenvalue weighted by Crippen LogP contribution is -2.41. The van der Waals surface area contributed by atoms with E-state index in [4.69, 9.17) is 0 Å². The van der Waals surface area contributed by atoms with Crippen LogP contribution in [0.3, 0.4) is 0 Å². The Morgan fingerprint density at radius 2 is 2.11 bits per heavy atom. The maximum atomic E-state index is 12.3. The summed E-state index contributed by atoms with van der Waals surface area (Å²) in [7, 11) is -3.02. The number of hydrogen-bond donors (Lipinski definition) is 1. The Labute approximate surface area is 114 Å². The van der Waals surface area contributed by atoms with E-state index in [-0.39, 0.29) is 11.3 Å². The van der Waals surface area contributed by atoms with Gasteiger partial charge in [0.25, 0.3) is 0 Å². The Balaban J connectivity index is 2.27. The first-order valence-electron chi connectivity index (χ1n) is 6.85. The van der Waals surface area contributed by atoms with Crippen molar-refractivity contribution in [2.45, 2.75) is 43.9 Å². The monoisotopic (exact) mass is 283 g/mol. The van der Waals surface area contributed by atoms with Crippen LogP contribution in [0.4, 0.5) is 0 Å². The summed E-state index contributed by atoms with van der Waals surface area (Å²) in [6.45, 7) is 2.87. The van der Waals surface area contributed by atoms with Gasteiger partial charge in [-0.25, -0.2) is 18.4 Å². The minimum atomic E-state index is -3.02. The van der Waals surface area contributed by atoms with E-state index in [2.05, 4.69) is 22.2 Å². The van der Waals surface area contributed by atoms with E-state index in [1.54, 1.807) is 12.4 Å². The standard InChI is InChI=1S/C13H21N3O2S/c1-2-6-16-13(11-8-14-10-15-9-11)12-5-3-4-7-19(12,17)18/h8-10,12-13,16H,2-7H2,1H3. The first kappa shape index (κ1) is 14.4. The molecule has 0 spiro atoms. The van der Waals surface area contributed by atoms with Crippen molar-refractivity contribution in [2.75, 3.05) is 12.3 Å². The van der Waals surface area contributed by atoms with Crippen molar-refractivity contribution >= 4 is 9.84 Å². The predicted octanol–water partition coefficient (Wildman–Crippen LogP) is 1.48. The zero-order valence-corrected chi connectivity index (χ0v) is 12.1. The van der Waals surface area contributed by atoms with Gasteiger partial charge in [-0.15, -0.1) is 0 Å². The molecular formula is C13H21N3O2S. The fourth-order valence-corrected chi connectivity index (χ4v) is 4.69. The molecule has 5 nitrogen and oxygen atoms in total. The van der Waals surface area contributed by atoms with Crippen molar-refractivity contribution in [1.29, 1.82) is 0 Å². The summed E-state index contributed by atoms with van der Waals surface area (Å²) in [6, 6.07) is -0.188. The summed E-state index contributed by atoms with van der Waals surface area (Å²) in [5, 5.41) is 3.00. The molecule has 2 unspecified atom stereocenters. The number of sulfone groups is 1. The van der Waals surface area contributed by atoms with Gasteiger partial charge < -0.3 is 5.32 Å². The summed E-state index contributed by atoms with van der Waals surface area (Å²) >= 11 is 0. The molecule has 6 heteroatoms. The van der Waals surface area contributed by atoms with Gasteiger partial charge in [0.05, 0.1) is 17.0 Å². The Bertz CT molecular complexity index is 490. The van der Waals surface area contributed by atoms with Crippen LogP contribution in [0.1, 0.15) is 44.2 Å². The molecule has 1 saturated heterocycles. The van der Waals surface area contributed by atoms with Gasteiger partial charge in [0.1, 0.15) is 6.33 Å². The lowest BCUT2D eigenvalue weighted by molar-refractivity contribution is 0.445. The molecule has 0 radical (unpaired) electrons. The molecule has 2 atom stereocenters. The number of nitrogens with one attached hydrogen (secondary N) is 1. The van der Waals surface area contributed by atoms with Gasteiger partial charge in [-0.3, -0.25) is 0 Å². The van der Waals surface area contributed by atoms with Crippen LogP contribution in [0.2, 0.25) is 0 Å². The highest BCUT2D eigenvalue weighted by molar-refractivity contribution is 7.92. The molecule has 0 bridgehead atoms. The Hall–Kier alpha value is -1.01. The maximum Gasteiger partial charge on any atom is 0.155 e. The smallest absolute Gasteiger partial charge is 0.155 e. The van der Waals surface area contributed by atoms with E-state index < -0.39 is 9.84 Å². The van der Waals surface area contributed by atoms with Crippen LogP contribution in [0, 0.1) is 0 Å². The number of nitrogens with zero attached hydrogens (tertiary/aromatic N) is 2. The van der Waals surface area contributed by atoms with Gasteiger partial charge >= 0.3 is 0 Å². The van der Waals surface area contributed by atoms with Crippen molar-refractivity contribution in [3.05, 3.63) is 24.3 Å². The number of rotatable bonds is 5. The highest BCUT2D eigenvalue weighted by Crippen LogP contribution is 2.30. The number of aromatic nitrogens is 2. The molecule has 0 aromatic carbocycles. The summed E-state index contributed by atoms with van der Waals surface area (Å²) in [6.07, 6.45) is 8.34. The molecule has 0 amide bonds. The van der Waals surface area contributed by atoms with E-state index in [1.165, 1.54) is 6.33 Å². The Morgan fingerprint density at radius 3 is 2.74 bits per heavy atom. The van der Waals surface area contributed by atoms with Crippen LogP contribution in [0.25, 0.3) is 0 Å². The van der Waals surface area contributed by atoms with Crippen LogP contribution in [-0.4, -0.2) is 35.9 Å². The van der Waals surface area contributed by atoms with Gasteiger partial charge in [-0.2, -0.15) is 0 Å². The third kappa shape index (κ3) is 3.51. The summed E-state index contributed by atoms with van der Waals surface area (Å²) < 4.78 is 24.6. The molecule has 19 heavy (non-hydrogen) atoms. The quantitative estimate of drug-likeness (QED) is 0.886. The molecule has 1 N–H and O–H groups in total. The Morgan fingerprint density at radius 1 is 1.37 bits per heavy atom. The third-order valence-corrected chi connectivity index (χ3v) is 5.84. The van der Waals surface area contributed by atoms with Gasteiger partial charge in [0.15, 0.2) is 9.84 Å².